The second kappa shape index (κ2) is 9.12. The molecule has 0 atom stereocenters. The van der Waals surface area contributed by atoms with Gasteiger partial charge in [-0.05, 0) is 30.7 Å². The normalized spacial score (nSPS) is 15.5. The number of carbonyl (C=O) groups is 1. The Kier molecular flexibility index (Phi) is 7.15. The Bertz CT molecular complexity index is 490. The quantitative estimate of drug-likeness (QED) is 0.688. The van der Waals surface area contributed by atoms with E-state index in [1.807, 2.05) is 25.1 Å². The van der Waals surface area contributed by atoms with Crippen molar-refractivity contribution in [3.63, 3.8) is 0 Å². The van der Waals surface area contributed by atoms with Crippen molar-refractivity contribution >= 4 is 21.8 Å². The van der Waals surface area contributed by atoms with Gasteiger partial charge in [0.2, 0.25) is 0 Å². The molecular formula is C16H24BrN2O3+. The maximum atomic E-state index is 11.8. The number of halogens is 1. The van der Waals surface area contributed by atoms with E-state index in [4.69, 9.17) is 9.47 Å². The number of nitrogens with one attached hydrogen (secondary N) is 2. The summed E-state index contributed by atoms with van der Waals surface area (Å²) in [6.07, 6.45) is 0.985. The van der Waals surface area contributed by atoms with Crippen LogP contribution in [0.5, 0.6) is 5.75 Å². The van der Waals surface area contributed by atoms with E-state index in [0.29, 0.717) is 6.54 Å². The van der Waals surface area contributed by atoms with Gasteiger partial charge in [-0.2, -0.15) is 0 Å². The lowest BCUT2D eigenvalue weighted by Gasteiger charge is -2.23. The molecule has 0 unspecified atom stereocenters. The zero-order valence-corrected chi connectivity index (χ0v) is 14.6. The van der Waals surface area contributed by atoms with Crippen LogP contribution in [-0.2, 0) is 9.53 Å². The van der Waals surface area contributed by atoms with Crippen LogP contribution in [0.3, 0.4) is 0 Å². The third kappa shape index (κ3) is 5.94. The zero-order valence-electron chi connectivity index (χ0n) is 13.0. The molecule has 1 saturated heterocycles. The Morgan fingerprint density at radius 3 is 2.91 bits per heavy atom. The highest BCUT2D eigenvalue weighted by Gasteiger charge is 2.13. The van der Waals surface area contributed by atoms with Gasteiger partial charge in [0.25, 0.3) is 5.91 Å². The number of hydrogen-bond acceptors (Lipinski definition) is 3. The molecule has 22 heavy (non-hydrogen) atoms. The fourth-order valence-electron chi connectivity index (χ4n) is 2.45. The van der Waals surface area contributed by atoms with Crippen LogP contribution >= 0.6 is 15.9 Å². The van der Waals surface area contributed by atoms with E-state index in [9.17, 15) is 4.79 Å². The molecule has 1 aliphatic rings. The van der Waals surface area contributed by atoms with E-state index in [-0.39, 0.29) is 12.5 Å². The lowest BCUT2D eigenvalue weighted by molar-refractivity contribution is -0.908. The van der Waals surface area contributed by atoms with Crippen molar-refractivity contribution in [1.29, 1.82) is 0 Å². The molecule has 6 heteroatoms. The van der Waals surface area contributed by atoms with Gasteiger partial charge in [0.15, 0.2) is 6.61 Å². The molecule has 1 amide bonds. The molecule has 2 rings (SSSR count). The molecule has 1 fully saturated rings. The Labute approximate surface area is 140 Å². The number of rotatable bonds is 7. The van der Waals surface area contributed by atoms with Crippen LogP contribution in [0.4, 0.5) is 0 Å². The zero-order chi connectivity index (χ0) is 15.8. The Morgan fingerprint density at radius 2 is 2.18 bits per heavy atom. The maximum Gasteiger partial charge on any atom is 0.257 e. The molecule has 1 aromatic carbocycles. The number of quaternary nitrogens is 1. The lowest BCUT2D eigenvalue weighted by Crippen LogP contribution is -3.14. The fraction of sp³-hybridized carbons (Fsp3) is 0.562. The highest BCUT2D eigenvalue weighted by Crippen LogP contribution is 2.21. The van der Waals surface area contributed by atoms with Crippen LogP contribution in [0.1, 0.15) is 12.0 Å². The topological polar surface area (TPSA) is 52.0 Å². The second-order valence-electron chi connectivity index (χ2n) is 5.51. The summed E-state index contributed by atoms with van der Waals surface area (Å²) >= 11 is 3.41. The second-order valence-corrected chi connectivity index (χ2v) is 6.43. The van der Waals surface area contributed by atoms with E-state index in [1.54, 1.807) is 4.90 Å². The van der Waals surface area contributed by atoms with Crippen molar-refractivity contribution in [2.45, 2.75) is 13.3 Å². The highest BCUT2D eigenvalue weighted by atomic mass is 79.9. The fourth-order valence-corrected chi connectivity index (χ4v) is 2.92. The highest BCUT2D eigenvalue weighted by molar-refractivity contribution is 9.10. The van der Waals surface area contributed by atoms with Gasteiger partial charge in [-0.1, -0.05) is 15.9 Å². The van der Waals surface area contributed by atoms with Crippen LogP contribution in [0.25, 0.3) is 0 Å². The minimum atomic E-state index is -0.0701. The molecule has 0 radical (unpaired) electrons. The number of morpholine rings is 1. The van der Waals surface area contributed by atoms with Gasteiger partial charge in [-0.25, -0.2) is 0 Å². The minimum Gasteiger partial charge on any atom is -0.484 e. The molecule has 0 bridgehead atoms. The summed E-state index contributed by atoms with van der Waals surface area (Å²) < 4.78 is 11.9. The lowest BCUT2D eigenvalue weighted by atomic mass is 10.2. The summed E-state index contributed by atoms with van der Waals surface area (Å²) in [5, 5.41) is 2.91. The van der Waals surface area contributed by atoms with Gasteiger partial charge in [-0.3, -0.25) is 4.79 Å². The van der Waals surface area contributed by atoms with E-state index < -0.39 is 0 Å². The first kappa shape index (κ1) is 17.2. The molecule has 5 nitrogen and oxygen atoms in total. The minimum absolute atomic E-state index is 0.0624. The number of ether oxygens (including phenoxy) is 2. The molecule has 1 heterocycles. The summed E-state index contributed by atoms with van der Waals surface area (Å²) in [5.41, 5.74) is 1.01. The third-order valence-electron chi connectivity index (χ3n) is 3.72. The number of hydrogen-bond donors (Lipinski definition) is 2. The first-order valence-electron chi connectivity index (χ1n) is 7.72. The molecule has 1 aromatic rings. The van der Waals surface area contributed by atoms with Gasteiger partial charge in [0.05, 0.1) is 19.8 Å². The van der Waals surface area contributed by atoms with Crippen molar-refractivity contribution < 1.29 is 19.2 Å². The smallest absolute Gasteiger partial charge is 0.257 e. The van der Waals surface area contributed by atoms with E-state index >= 15 is 0 Å². The molecule has 122 valence electrons. The van der Waals surface area contributed by atoms with Crippen LogP contribution < -0.4 is 15.0 Å². The molecule has 0 aromatic heterocycles. The third-order valence-corrected chi connectivity index (χ3v) is 4.22. The monoisotopic (exact) mass is 371 g/mol. The molecule has 0 saturated carbocycles. The van der Waals surface area contributed by atoms with Crippen molar-refractivity contribution in [2.24, 2.45) is 0 Å². The number of aryl methyl sites for hydroxylation is 1. The average molecular weight is 372 g/mol. The van der Waals surface area contributed by atoms with Crippen molar-refractivity contribution in [2.75, 3.05) is 46.0 Å². The Balaban J connectivity index is 1.59. The maximum absolute atomic E-state index is 11.8. The summed E-state index contributed by atoms with van der Waals surface area (Å²) in [6.45, 7) is 7.64. The first-order valence-corrected chi connectivity index (χ1v) is 8.51. The predicted molar refractivity (Wildman–Crippen MR) is 88.4 cm³/mol. The van der Waals surface area contributed by atoms with Gasteiger partial charge >= 0.3 is 0 Å². The van der Waals surface area contributed by atoms with Crippen molar-refractivity contribution in [1.82, 2.24) is 5.32 Å². The van der Waals surface area contributed by atoms with Crippen LogP contribution in [-0.4, -0.2) is 51.9 Å². The van der Waals surface area contributed by atoms with Crippen molar-refractivity contribution in [3.8, 4) is 5.75 Å². The summed E-state index contributed by atoms with van der Waals surface area (Å²) in [7, 11) is 0. The van der Waals surface area contributed by atoms with Gasteiger partial charge in [0, 0.05) is 17.4 Å². The van der Waals surface area contributed by atoms with Crippen LogP contribution in [0, 0.1) is 6.92 Å². The predicted octanol–water partition coefficient (Wildman–Crippen LogP) is 0.558. The van der Waals surface area contributed by atoms with Gasteiger partial charge < -0.3 is 19.7 Å². The largest absolute Gasteiger partial charge is 0.484 e. The first-order chi connectivity index (χ1) is 10.6. The van der Waals surface area contributed by atoms with E-state index in [0.717, 1.165) is 55.1 Å². The summed E-state index contributed by atoms with van der Waals surface area (Å²) in [4.78, 5) is 13.3. The molecule has 1 aliphatic heterocycles. The molecule has 0 aliphatic carbocycles. The van der Waals surface area contributed by atoms with Gasteiger partial charge in [0.1, 0.15) is 18.8 Å². The number of amides is 1. The van der Waals surface area contributed by atoms with Gasteiger partial charge in [-0.15, -0.1) is 0 Å². The SMILES string of the molecule is Cc1cc(Br)ccc1OCC(=O)NCCC[NH+]1CCOCC1. The van der Waals surface area contributed by atoms with E-state index in [2.05, 4.69) is 21.2 Å². The van der Waals surface area contributed by atoms with Crippen LogP contribution in [0.15, 0.2) is 22.7 Å². The average Bonchev–Trinajstić information content (AvgIpc) is 2.52. The molecule has 0 spiro atoms. The van der Waals surface area contributed by atoms with E-state index in [1.165, 1.54) is 0 Å². The Morgan fingerprint density at radius 1 is 1.41 bits per heavy atom. The molecule has 2 N–H and O–H groups in total. The Hall–Kier alpha value is -1.11. The van der Waals surface area contributed by atoms with Crippen LogP contribution in [0.2, 0.25) is 0 Å². The molecular weight excluding hydrogens is 348 g/mol. The summed E-state index contributed by atoms with van der Waals surface area (Å²) in [6, 6.07) is 5.75. The number of carbonyl (C=O) groups excluding carboxylic acids is 1. The number of benzene rings is 1. The standard InChI is InChI=1S/C16H23BrN2O3/c1-13-11-14(17)3-4-15(13)22-12-16(20)18-5-2-6-19-7-9-21-10-8-19/h3-4,11H,2,5-10,12H2,1H3,(H,18,20)/p+1. The summed E-state index contributed by atoms with van der Waals surface area (Å²) in [5.74, 6) is 0.676. The van der Waals surface area contributed by atoms with Crippen molar-refractivity contribution in [3.05, 3.63) is 28.2 Å².